The maximum Gasteiger partial charge on any atom is 0.166 e. The quantitative estimate of drug-likeness (QED) is 0.314. The predicted molar refractivity (Wildman–Crippen MR) is 57.3 cm³/mol. The molecule has 2 heteroatoms. The molecule has 13 heavy (non-hydrogen) atoms. The summed E-state index contributed by atoms with van der Waals surface area (Å²) < 4.78 is 4.82. The van der Waals surface area contributed by atoms with E-state index in [-0.39, 0.29) is 0 Å². The maximum atomic E-state index is 6.65. The Bertz CT molecular complexity index is 104. The summed E-state index contributed by atoms with van der Waals surface area (Å²) in [6.45, 7) is 2.97. The van der Waals surface area contributed by atoms with Gasteiger partial charge < -0.3 is 4.74 Å². The first kappa shape index (κ1) is 12.5. The zero-order valence-electron chi connectivity index (χ0n) is 8.85. The number of hydrogen-bond acceptors (Lipinski definition) is 2. The molecule has 0 saturated heterocycles. The Morgan fingerprint density at radius 2 is 1.46 bits per heavy atom. The van der Waals surface area contributed by atoms with E-state index >= 15 is 0 Å². The van der Waals surface area contributed by atoms with Gasteiger partial charge in [0.2, 0.25) is 0 Å². The van der Waals surface area contributed by atoms with Crippen molar-refractivity contribution in [1.29, 1.82) is 5.41 Å². The topological polar surface area (TPSA) is 33.1 Å². The van der Waals surface area contributed by atoms with Crippen molar-refractivity contribution in [3.63, 3.8) is 0 Å². The second-order valence-electron chi connectivity index (χ2n) is 3.46. The van der Waals surface area contributed by atoms with Crippen molar-refractivity contribution in [3.05, 3.63) is 0 Å². The predicted octanol–water partition coefficient (Wildman–Crippen LogP) is 3.75. The highest BCUT2D eigenvalue weighted by Gasteiger charge is 1.90. The van der Waals surface area contributed by atoms with Crippen molar-refractivity contribution in [2.75, 3.05) is 6.61 Å². The summed E-state index contributed by atoms with van der Waals surface area (Å²) >= 11 is 0. The molecular weight excluding hydrogens is 162 g/mol. The molecule has 0 saturated carbocycles. The molecule has 0 aromatic rings. The third kappa shape index (κ3) is 11.5. The van der Waals surface area contributed by atoms with Crippen molar-refractivity contribution >= 4 is 6.40 Å². The molecule has 0 fully saturated rings. The highest BCUT2D eigenvalue weighted by Crippen LogP contribution is 2.07. The van der Waals surface area contributed by atoms with Gasteiger partial charge in [-0.3, -0.25) is 5.41 Å². The molecule has 0 aliphatic heterocycles. The minimum Gasteiger partial charge on any atom is -0.484 e. The van der Waals surface area contributed by atoms with Gasteiger partial charge in [-0.05, 0) is 6.42 Å². The SMILES string of the molecule is CCCCCCCCCCOC=N. The first-order valence-corrected chi connectivity index (χ1v) is 5.52. The standard InChI is InChI=1S/C11H23NO/c1-2-3-4-5-6-7-8-9-10-13-11-12/h11-12H,2-10H2,1H3. The van der Waals surface area contributed by atoms with Gasteiger partial charge in [0.25, 0.3) is 0 Å². The molecule has 0 aromatic heterocycles. The Morgan fingerprint density at radius 3 is 2.00 bits per heavy atom. The van der Waals surface area contributed by atoms with Gasteiger partial charge in [0, 0.05) is 0 Å². The third-order valence-corrected chi connectivity index (χ3v) is 2.20. The summed E-state index contributed by atoms with van der Waals surface area (Å²) in [6, 6.07) is 0. The molecule has 0 heterocycles. The zero-order valence-corrected chi connectivity index (χ0v) is 8.85. The van der Waals surface area contributed by atoms with E-state index in [2.05, 4.69) is 6.92 Å². The molecule has 0 bridgehead atoms. The van der Waals surface area contributed by atoms with Crippen molar-refractivity contribution in [2.45, 2.75) is 58.3 Å². The summed E-state index contributed by atoms with van der Waals surface area (Å²) in [5.74, 6) is 0. The van der Waals surface area contributed by atoms with E-state index in [0.717, 1.165) is 19.4 Å². The van der Waals surface area contributed by atoms with Crippen LogP contribution in [0.15, 0.2) is 0 Å². The van der Waals surface area contributed by atoms with Crippen molar-refractivity contribution in [1.82, 2.24) is 0 Å². The fraction of sp³-hybridized carbons (Fsp3) is 0.909. The van der Waals surface area contributed by atoms with Gasteiger partial charge >= 0.3 is 0 Å². The van der Waals surface area contributed by atoms with Gasteiger partial charge in [-0.25, -0.2) is 0 Å². The number of hydrogen-bond donors (Lipinski definition) is 1. The fourth-order valence-corrected chi connectivity index (χ4v) is 1.38. The van der Waals surface area contributed by atoms with E-state index in [4.69, 9.17) is 10.1 Å². The summed E-state index contributed by atoms with van der Waals surface area (Å²) in [5.41, 5.74) is 0. The van der Waals surface area contributed by atoms with Crippen LogP contribution >= 0.6 is 0 Å². The fourth-order valence-electron chi connectivity index (χ4n) is 1.38. The lowest BCUT2D eigenvalue weighted by molar-refractivity contribution is 0.303. The zero-order chi connectivity index (χ0) is 9.78. The van der Waals surface area contributed by atoms with Crippen LogP contribution in [-0.2, 0) is 4.74 Å². The van der Waals surface area contributed by atoms with Crippen LogP contribution in [-0.4, -0.2) is 13.0 Å². The average Bonchev–Trinajstić information content (AvgIpc) is 2.16. The van der Waals surface area contributed by atoms with Crippen molar-refractivity contribution in [2.24, 2.45) is 0 Å². The summed E-state index contributed by atoms with van der Waals surface area (Å²) in [6.07, 6.45) is 11.6. The minimum absolute atomic E-state index is 0.721. The Kier molecular flexibility index (Phi) is 11.0. The minimum atomic E-state index is 0.721. The molecule has 0 aliphatic carbocycles. The lowest BCUT2D eigenvalue weighted by atomic mass is 10.1. The van der Waals surface area contributed by atoms with E-state index in [1.54, 1.807) is 0 Å². The molecule has 78 valence electrons. The molecule has 0 atom stereocenters. The van der Waals surface area contributed by atoms with Crippen LogP contribution in [0.3, 0.4) is 0 Å². The van der Waals surface area contributed by atoms with Crippen LogP contribution in [0.1, 0.15) is 58.3 Å². The second-order valence-corrected chi connectivity index (χ2v) is 3.46. The summed E-state index contributed by atoms with van der Waals surface area (Å²) in [4.78, 5) is 0. The highest BCUT2D eigenvalue weighted by molar-refractivity contribution is 5.40. The van der Waals surface area contributed by atoms with Crippen LogP contribution < -0.4 is 0 Å². The van der Waals surface area contributed by atoms with Crippen LogP contribution in [0.25, 0.3) is 0 Å². The van der Waals surface area contributed by atoms with Gasteiger partial charge in [-0.15, -0.1) is 0 Å². The van der Waals surface area contributed by atoms with E-state index < -0.39 is 0 Å². The van der Waals surface area contributed by atoms with E-state index in [0.29, 0.717) is 0 Å². The molecule has 0 radical (unpaired) electrons. The molecule has 0 spiro atoms. The molecule has 1 N–H and O–H groups in total. The number of nitrogens with one attached hydrogen (secondary N) is 1. The van der Waals surface area contributed by atoms with Crippen molar-refractivity contribution in [3.8, 4) is 0 Å². The van der Waals surface area contributed by atoms with Gasteiger partial charge in [0.15, 0.2) is 6.40 Å². The second kappa shape index (κ2) is 11.5. The monoisotopic (exact) mass is 185 g/mol. The first-order chi connectivity index (χ1) is 6.41. The molecule has 0 rings (SSSR count). The van der Waals surface area contributed by atoms with E-state index in [9.17, 15) is 0 Å². The normalized spacial score (nSPS) is 9.92. The molecule has 0 unspecified atom stereocenters. The number of ether oxygens (including phenoxy) is 1. The summed E-state index contributed by atoms with van der Waals surface area (Å²) in [5, 5.41) is 6.65. The van der Waals surface area contributed by atoms with Crippen LogP contribution in [0.5, 0.6) is 0 Å². The molecule has 0 aliphatic rings. The Labute approximate surface area is 82.2 Å². The van der Waals surface area contributed by atoms with Gasteiger partial charge in [0.1, 0.15) is 0 Å². The Balaban J connectivity index is 2.79. The van der Waals surface area contributed by atoms with Crippen LogP contribution in [0, 0.1) is 5.41 Å². The lowest BCUT2D eigenvalue weighted by Crippen LogP contribution is -1.90. The van der Waals surface area contributed by atoms with E-state index in [1.165, 1.54) is 44.9 Å². The smallest absolute Gasteiger partial charge is 0.166 e. The number of unbranched alkanes of at least 4 members (excludes halogenated alkanes) is 7. The average molecular weight is 185 g/mol. The largest absolute Gasteiger partial charge is 0.484 e. The van der Waals surface area contributed by atoms with Crippen LogP contribution in [0.4, 0.5) is 0 Å². The molecular formula is C11H23NO. The van der Waals surface area contributed by atoms with Gasteiger partial charge in [0.05, 0.1) is 6.61 Å². The Morgan fingerprint density at radius 1 is 0.923 bits per heavy atom. The third-order valence-electron chi connectivity index (χ3n) is 2.20. The van der Waals surface area contributed by atoms with Gasteiger partial charge in [-0.2, -0.15) is 0 Å². The first-order valence-electron chi connectivity index (χ1n) is 5.52. The van der Waals surface area contributed by atoms with Crippen LogP contribution in [0.2, 0.25) is 0 Å². The highest BCUT2D eigenvalue weighted by atomic mass is 16.5. The lowest BCUT2D eigenvalue weighted by Gasteiger charge is -2.00. The maximum absolute atomic E-state index is 6.65. The molecule has 0 aromatic carbocycles. The van der Waals surface area contributed by atoms with Gasteiger partial charge in [-0.1, -0.05) is 51.9 Å². The number of rotatable bonds is 10. The van der Waals surface area contributed by atoms with E-state index in [1.807, 2.05) is 0 Å². The van der Waals surface area contributed by atoms with Crippen molar-refractivity contribution < 1.29 is 4.74 Å². The summed E-state index contributed by atoms with van der Waals surface area (Å²) in [7, 11) is 0. The molecule has 0 amide bonds. The molecule has 2 nitrogen and oxygen atoms in total. The Hall–Kier alpha value is -0.530.